The lowest BCUT2D eigenvalue weighted by molar-refractivity contribution is -0.119. The minimum absolute atomic E-state index is 0.0163. The fraction of sp³-hybridized carbons (Fsp3) is 0.364. The third kappa shape index (κ3) is 2.76. The lowest BCUT2D eigenvalue weighted by Gasteiger charge is -2.13. The maximum absolute atomic E-state index is 10.8. The van der Waals surface area contributed by atoms with E-state index in [0.717, 1.165) is 11.3 Å². The average molecular weight is 193 g/mol. The number of amides is 1. The number of methoxy groups -OCH3 is 1. The number of hydrogen-bond donors (Lipinski definition) is 1. The molecular weight excluding hydrogens is 178 g/mol. The van der Waals surface area contributed by atoms with Crippen LogP contribution in [-0.2, 0) is 4.79 Å². The number of ether oxygens (including phenoxy) is 1. The third-order valence-electron chi connectivity index (χ3n) is 2.01. The van der Waals surface area contributed by atoms with E-state index >= 15 is 0 Å². The van der Waals surface area contributed by atoms with Crippen molar-refractivity contribution >= 4 is 5.91 Å². The molecule has 0 saturated heterocycles. The van der Waals surface area contributed by atoms with Crippen molar-refractivity contribution in [3.8, 4) is 5.75 Å². The van der Waals surface area contributed by atoms with Crippen molar-refractivity contribution in [3.63, 3.8) is 0 Å². The van der Waals surface area contributed by atoms with Gasteiger partial charge in [-0.1, -0.05) is 12.1 Å². The lowest BCUT2D eigenvalue weighted by atomic mass is 10.1. The van der Waals surface area contributed by atoms with Crippen LogP contribution in [0.5, 0.6) is 5.75 Å². The molecule has 0 fully saturated rings. The molecule has 0 aromatic heterocycles. The SMILES string of the molecule is COc1cccc([C@H](C)NC(C)=O)c1. The lowest BCUT2D eigenvalue weighted by Crippen LogP contribution is -2.23. The molecule has 1 rings (SSSR count). The maximum Gasteiger partial charge on any atom is 0.217 e. The van der Waals surface area contributed by atoms with Crippen LogP contribution in [0.25, 0.3) is 0 Å². The summed E-state index contributed by atoms with van der Waals surface area (Å²) in [6.45, 7) is 3.45. The molecule has 0 radical (unpaired) electrons. The van der Waals surface area contributed by atoms with Crippen molar-refractivity contribution < 1.29 is 9.53 Å². The summed E-state index contributed by atoms with van der Waals surface area (Å²) in [4.78, 5) is 10.8. The highest BCUT2D eigenvalue weighted by molar-refractivity contribution is 5.73. The number of rotatable bonds is 3. The second-order valence-electron chi connectivity index (χ2n) is 3.20. The summed E-state index contributed by atoms with van der Waals surface area (Å²) in [5, 5.41) is 2.82. The van der Waals surface area contributed by atoms with Crippen LogP contribution >= 0.6 is 0 Å². The molecule has 1 aromatic rings. The molecule has 0 unspecified atom stereocenters. The monoisotopic (exact) mass is 193 g/mol. The van der Waals surface area contributed by atoms with Crippen molar-refractivity contribution in [2.45, 2.75) is 19.9 Å². The highest BCUT2D eigenvalue weighted by Gasteiger charge is 2.06. The number of nitrogens with one attached hydrogen (secondary N) is 1. The van der Waals surface area contributed by atoms with Gasteiger partial charge >= 0.3 is 0 Å². The predicted octanol–water partition coefficient (Wildman–Crippen LogP) is 1.89. The Morgan fingerprint density at radius 2 is 2.21 bits per heavy atom. The Hall–Kier alpha value is -1.51. The fourth-order valence-corrected chi connectivity index (χ4v) is 1.30. The highest BCUT2D eigenvalue weighted by Crippen LogP contribution is 2.18. The molecule has 0 aliphatic carbocycles. The molecule has 0 aliphatic heterocycles. The summed E-state index contributed by atoms with van der Waals surface area (Å²) in [7, 11) is 1.63. The molecule has 14 heavy (non-hydrogen) atoms. The molecule has 76 valence electrons. The van der Waals surface area contributed by atoms with E-state index in [-0.39, 0.29) is 11.9 Å². The van der Waals surface area contributed by atoms with Gasteiger partial charge in [0.25, 0.3) is 0 Å². The summed E-state index contributed by atoms with van der Waals surface area (Å²) in [6, 6.07) is 7.68. The van der Waals surface area contributed by atoms with E-state index in [1.54, 1.807) is 7.11 Å². The van der Waals surface area contributed by atoms with E-state index < -0.39 is 0 Å². The first kappa shape index (κ1) is 10.6. The fourth-order valence-electron chi connectivity index (χ4n) is 1.30. The molecule has 0 saturated carbocycles. The first-order chi connectivity index (χ1) is 6.63. The second-order valence-corrected chi connectivity index (χ2v) is 3.20. The standard InChI is InChI=1S/C11H15NO2/c1-8(12-9(2)13)10-5-4-6-11(7-10)14-3/h4-8H,1-3H3,(H,12,13)/t8-/m0/s1. The highest BCUT2D eigenvalue weighted by atomic mass is 16.5. The van der Waals surface area contributed by atoms with Crippen LogP contribution in [0.1, 0.15) is 25.5 Å². The number of hydrogen-bond acceptors (Lipinski definition) is 2. The van der Waals surface area contributed by atoms with Crippen molar-refractivity contribution in [1.29, 1.82) is 0 Å². The van der Waals surface area contributed by atoms with Crippen molar-refractivity contribution in [1.82, 2.24) is 5.32 Å². The van der Waals surface area contributed by atoms with Gasteiger partial charge in [0.2, 0.25) is 5.91 Å². The van der Waals surface area contributed by atoms with Crippen molar-refractivity contribution in [3.05, 3.63) is 29.8 Å². The first-order valence-corrected chi connectivity index (χ1v) is 4.54. The topological polar surface area (TPSA) is 38.3 Å². The van der Waals surface area contributed by atoms with Gasteiger partial charge in [0.05, 0.1) is 13.2 Å². The van der Waals surface area contributed by atoms with E-state index in [1.807, 2.05) is 31.2 Å². The summed E-state index contributed by atoms with van der Waals surface area (Å²) in [6.07, 6.45) is 0. The number of benzene rings is 1. The second kappa shape index (κ2) is 4.65. The molecule has 1 aromatic carbocycles. The molecular formula is C11H15NO2. The van der Waals surface area contributed by atoms with E-state index in [0.29, 0.717) is 0 Å². The molecule has 3 heteroatoms. The maximum atomic E-state index is 10.8. The minimum atomic E-state index is -0.0275. The summed E-state index contributed by atoms with van der Waals surface area (Å²) in [5.41, 5.74) is 1.04. The van der Waals surface area contributed by atoms with E-state index in [4.69, 9.17) is 4.74 Å². The van der Waals surface area contributed by atoms with Crippen LogP contribution in [0.2, 0.25) is 0 Å². The number of carbonyl (C=O) groups excluding carboxylic acids is 1. The Bertz CT molecular complexity index is 323. The van der Waals surface area contributed by atoms with E-state index in [9.17, 15) is 4.79 Å². The van der Waals surface area contributed by atoms with Gasteiger partial charge < -0.3 is 10.1 Å². The van der Waals surface area contributed by atoms with Gasteiger partial charge in [-0.3, -0.25) is 4.79 Å². The smallest absolute Gasteiger partial charge is 0.217 e. The van der Waals surface area contributed by atoms with E-state index in [2.05, 4.69) is 5.32 Å². The molecule has 0 spiro atoms. The predicted molar refractivity (Wildman–Crippen MR) is 55.2 cm³/mol. The normalized spacial score (nSPS) is 11.9. The van der Waals surface area contributed by atoms with Gasteiger partial charge in [-0.05, 0) is 24.6 Å². The summed E-state index contributed by atoms with van der Waals surface area (Å²) < 4.78 is 5.10. The Kier molecular flexibility index (Phi) is 3.51. The Labute approximate surface area is 84.1 Å². The van der Waals surface area contributed by atoms with Crippen molar-refractivity contribution in [2.24, 2.45) is 0 Å². The first-order valence-electron chi connectivity index (χ1n) is 4.54. The van der Waals surface area contributed by atoms with E-state index in [1.165, 1.54) is 6.92 Å². The average Bonchev–Trinajstić information content (AvgIpc) is 2.17. The van der Waals surface area contributed by atoms with Crippen molar-refractivity contribution in [2.75, 3.05) is 7.11 Å². The minimum Gasteiger partial charge on any atom is -0.497 e. The van der Waals surface area contributed by atoms with Crippen LogP contribution < -0.4 is 10.1 Å². The van der Waals surface area contributed by atoms with Gasteiger partial charge in [0.1, 0.15) is 5.75 Å². The molecule has 3 nitrogen and oxygen atoms in total. The van der Waals surface area contributed by atoms with Crippen LogP contribution in [0.4, 0.5) is 0 Å². The van der Waals surface area contributed by atoms with Crippen LogP contribution in [-0.4, -0.2) is 13.0 Å². The zero-order chi connectivity index (χ0) is 10.6. The largest absolute Gasteiger partial charge is 0.497 e. The molecule has 0 heterocycles. The van der Waals surface area contributed by atoms with Crippen LogP contribution in [0.3, 0.4) is 0 Å². The van der Waals surface area contributed by atoms with Gasteiger partial charge in [0, 0.05) is 6.92 Å². The Morgan fingerprint density at radius 1 is 1.50 bits per heavy atom. The van der Waals surface area contributed by atoms with Crippen LogP contribution in [0.15, 0.2) is 24.3 Å². The number of carbonyl (C=O) groups is 1. The van der Waals surface area contributed by atoms with Gasteiger partial charge in [0.15, 0.2) is 0 Å². The quantitative estimate of drug-likeness (QED) is 0.796. The van der Waals surface area contributed by atoms with Crippen LogP contribution in [0, 0.1) is 0 Å². The Morgan fingerprint density at radius 3 is 2.79 bits per heavy atom. The Balaban J connectivity index is 2.78. The zero-order valence-corrected chi connectivity index (χ0v) is 8.70. The zero-order valence-electron chi connectivity index (χ0n) is 8.70. The van der Waals surface area contributed by atoms with Gasteiger partial charge in [-0.25, -0.2) is 0 Å². The molecule has 0 bridgehead atoms. The third-order valence-corrected chi connectivity index (χ3v) is 2.01. The van der Waals surface area contributed by atoms with Gasteiger partial charge in [-0.15, -0.1) is 0 Å². The molecule has 1 amide bonds. The van der Waals surface area contributed by atoms with Gasteiger partial charge in [-0.2, -0.15) is 0 Å². The summed E-state index contributed by atoms with van der Waals surface area (Å²) in [5.74, 6) is 0.778. The molecule has 1 atom stereocenters. The molecule has 1 N–H and O–H groups in total. The summed E-state index contributed by atoms with van der Waals surface area (Å²) >= 11 is 0. The molecule has 0 aliphatic rings.